The highest BCUT2D eigenvalue weighted by atomic mass is 35.5. The number of methoxy groups -OCH3 is 1. The predicted molar refractivity (Wildman–Crippen MR) is 72.2 cm³/mol. The Hall–Kier alpha value is -0.780. The van der Waals surface area contributed by atoms with Gasteiger partial charge in [-0.15, -0.1) is 0 Å². The minimum Gasteiger partial charge on any atom is -0.468 e. The Bertz CT molecular complexity index is 417. The zero-order valence-electron chi connectivity index (χ0n) is 9.99. The second kappa shape index (κ2) is 7.61. The van der Waals surface area contributed by atoms with Crippen molar-refractivity contribution in [1.82, 2.24) is 0 Å². The van der Waals surface area contributed by atoms with Crippen molar-refractivity contribution in [2.24, 2.45) is 5.73 Å². The first-order chi connectivity index (χ1) is 8.54. The van der Waals surface area contributed by atoms with Crippen LogP contribution in [0.5, 0.6) is 0 Å². The smallest absolute Gasteiger partial charge is 0.322 e. The Morgan fingerprint density at radius 2 is 2.33 bits per heavy atom. The molecular weight excluding hydrogens is 277 g/mol. The van der Waals surface area contributed by atoms with Crippen LogP contribution in [-0.2, 0) is 15.3 Å². The van der Waals surface area contributed by atoms with E-state index in [1.807, 2.05) is 0 Å². The van der Waals surface area contributed by atoms with E-state index in [9.17, 15) is 9.18 Å². The molecule has 0 aliphatic rings. The van der Waals surface area contributed by atoms with Crippen molar-refractivity contribution in [2.75, 3.05) is 12.9 Å². The van der Waals surface area contributed by atoms with E-state index in [-0.39, 0.29) is 5.82 Å². The summed E-state index contributed by atoms with van der Waals surface area (Å²) < 4.78 is 17.3. The number of carbonyl (C=O) groups excluding carboxylic acids is 1. The van der Waals surface area contributed by atoms with Crippen molar-refractivity contribution in [3.63, 3.8) is 0 Å². The van der Waals surface area contributed by atoms with Gasteiger partial charge >= 0.3 is 5.97 Å². The first-order valence-electron chi connectivity index (χ1n) is 5.39. The van der Waals surface area contributed by atoms with Gasteiger partial charge in [0.05, 0.1) is 7.11 Å². The first kappa shape index (κ1) is 15.3. The average molecular weight is 292 g/mol. The van der Waals surface area contributed by atoms with Crippen molar-refractivity contribution < 1.29 is 13.9 Å². The highest BCUT2D eigenvalue weighted by Crippen LogP contribution is 2.22. The number of nitrogens with two attached hydrogens (primary N) is 1. The molecule has 0 aromatic heterocycles. The van der Waals surface area contributed by atoms with E-state index in [1.54, 1.807) is 17.8 Å². The van der Waals surface area contributed by atoms with Crippen LogP contribution in [0.4, 0.5) is 4.39 Å². The number of hydrogen-bond acceptors (Lipinski definition) is 4. The fourth-order valence-electron chi connectivity index (χ4n) is 1.30. The Morgan fingerprint density at radius 3 is 2.94 bits per heavy atom. The number of halogens is 2. The molecule has 1 aromatic carbocycles. The number of ether oxygens (including phenoxy) is 1. The molecule has 0 fully saturated rings. The van der Waals surface area contributed by atoms with E-state index >= 15 is 0 Å². The van der Waals surface area contributed by atoms with E-state index in [2.05, 4.69) is 4.74 Å². The Morgan fingerprint density at radius 1 is 1.61 bits per heavy atom. The van der Waals surface area contributed by atoms with Crippen molar-refractivity contribution in [3.8, 4) is 0 Å². The van der Waals surface area contributed by atoms with E-state index in [1.165, 1.54) is 19.2 Å². The van der Waals surface area contributed by atoms with E-state index in [0.717, 1.165) is 5.56 Å². The average Bonchev–Trinajstić information content (AvgIpc) is 2.35. The highest BCUT2D eigenvalue weighted by Gasteiger charge is 2.12. The molecule has 0 aliphatic heterocycles. The van der Waals surface area contributed by atoms with Crippen LogP contribution in [0, 0.1) is 5.82 Å². The number of esters is 1. The van der Waals surface area contributed by atoms with Gasteiger partial charge in [-0.3, -0.25) is 4.79 Å². The van der Waals surface area contributed by atoms with Gasteiger partial charge in [0.25, 0.3) is 0 Å². The lowest BCUT2D eigenvalue weighted by molar-refractivity contribution is -0.142. The summed E-state index contributed by atoms with van der Waals surface area (Å²) in [5.41, 5.74) is 6.46. The minimum atomic E-state index is -0.591. The summed E-state index contributed by atoms with van der Waals surface area (Å²) in [6.45, 7) is 0. The van der Waals surface area contributed by atoms with Crippen LogP contribution in [0.25, 0.3) is 0 Å². The SMILES string of the molecule is COC(=O)C(N)CCSCc1ccc(F)cc1Cl. The van der Waals surface area contributed by atoms with Gasteiger partial charge in [0.15, 0.2) is 0 Å². The molecule has 0 saturated carbocycles. The number of hydrogen-bond donors (Lipinski definition) is 1. The largest absolute Gasteiger partial charge is 0.468 e. The van der Waals surface area contributed by atoms with Gasteiger partial charge in [0.2, 0.25) is 0 Å². The highest BCUT2D eigenvalue weighted by molar-refractivity contribution is 7.98. The Labute approximate surface area is 115 Å². The summed E-state index contributed by atoms with van der Waals surface area (Å²) >= 11 is 7.48. The Balaban J connectivity index is 2.32. The third-order valence-electron chi connectivity index (χ3n) is 2.35. The molecule has 2 N–H and O–H groups in total. The maximum Gasteiger partial charge on any atom is 0.322 e. The molecule has 0 radical (unpaired) electrons. The zero-order valence-corrected chi connectivity index (χ0v) is 11.6. The van der Waals surface area contributed by atoms with Crippen LogP contribution in [0.3, 0.4) is 0 Å². The van der Waals surface area contributed by atoms with E-state index in [4.69, 9.17) is 17.3 Å². The topological polar surface area (TPSA) is 52.3 Å². The summed E-state index contributed by atoms with van der Waals surface area (Å²) in [5.74, 6) is 0.619. The number of thioether (sulfide) groups is 1. The third-order valence-corrected chi connectivity index (χ3v) is 3.74. The molecule has 100 valence electrons. The number of carbonyl (C=O) groups is 1. The third kappa shape index (κ3) is 4.84. The molecule has 1 rings (SSSR count). The maximum absolute atomic E-state index is 12.8. The van der Waals surface area contributed by atoms with Gasteiger partial charge < -0.3 is 10.5 Å². The molecule has 0 amide bonds. The molecule has 1 atom stereocenters. The predicted octanol–water partition coefficient (Wildman–Crippen LogP) is 2.60. The standard InChI is InChI=1S/C12H15ClFNO2S/c1-17-12(16)11(15)4-5-18-7-8-2-3-9(14)6-10(8)13/h2-3,6,11H,4-5,7,15H2,1H3. The lowest BCUT2D eigenvalue weighted by atomic mass is 10.2. The van der Waals surface area contributed by atoms with Gasteiger partial charge in [0.1, 0.15) is 11.9 Å². The lowest BCUT2D eigenvalue weighted by Gasteiger charge is -2.09. The fourth-order valence-corrected chi connectivity index (χ4v) is 2.65. The first-order valence-corrected chi connectivity index (χ1v) is 6.93. The molecule has 1 unspecified atom stereocenters. The minimum absolute atomic E-state index is 0.346. The van der Waals surface area contributed by atoms with Crippen LogP contribution in [0.1, 0.15) is 12.0 Å². The fraction of sp³-hybridized carbons (Fsp3) is 0.417. The Kier molecular flexibility index (Phi) is 6.46. The van der Waals surface area contributed by atoms with Crippen molar-refractivity contribution in [2.45, 2.75) is 18.2 Å². The molecule has 1 aromatic rings. The summed E-state index contributed by atoms with van der Waals surface area (Å²) in [6.07, 6.45) is 0.538. The summed E-state index contributed by atoms with van der Waals surface area (Å²) in [4.78, 5) is 11.0. The lowest BCUT2D eigenvalue weighted by Crippen LogP contribution is -2.31. The second-order valence-electron chi connectivity index (χ2n) is 3.71. The van der Waals surface area contributed by atoms with Crippen molar-refractivity contribution in [1.29, 1.82) is 0 Å². The van der Waals surface area contributed by atoms with Gasteiger partial charge in [-0.25, -0.2) is 4.39 Å². The summed E-state index contributed by atoms with van der Waals surface area (Å²) in [6, 6.07) is 3.73. The molecule has 6 heteroatoms. The molecule has 0 spiro atoms. The molecule has 0 saturated heterocycles. The monoisotopic (exact) mass is 291 g/mol. The second-order valence-corrected chi connectivity index (χ2v) is 5.22. The normalized spacial score (nSPS) is 12.2. The number of rotatable bonds is 6. The molecule has 0 aliphatic carbocycles. The molecule has 3 nitrogen and oxygen atoms in total. The summed E-state index contributed by atoms with van der Waals surface area (Å²) in [5, 5.41) is 0.416. The van der Waals surface area contributed by atoms with Crippen LogP contribution >= 0.6 is 23.4 Å². The number of benzene rings is 1. The van der Waals surface area contributed by atoms with Gasteiger partial charge in [0, 0.05) is 10.8 Å². The zero-order chi connectivity index (χ0) is 13.5. The van der Waals surface area contributed by atoms with Crippen LogP contribution in [0.2, 0.25) is 5.02 Å². The molecule has 0 bridgehead atoms. The van der Waals surface area contributed by atoms with Gasteiger partial charge in [-0.2, -0.15) is 11.8 Å². The quantitative estimate of drug-likeness (QED) is 0.646. The van der Waals surface area contributed by atoms with Crippen molar-refractivity contribution >= 4 is 29.3 Å². The molecule has 0 heterocycles. The van der Waals surface area contributed by atoms with Crippen molar-refractivity contribution in [3.05, 3.63) is 34.6 Å². The van der Waals surface area contributed by atoms with E-state index in [0.29, 0.717) is 22.9 Å². The maximum atomic E-state index is 12.8. The van der Waals surface area contributed by atoms with Crippen LogP contribution < -0.4 is 5.73 Å². The molecular formula is C12H15ClFNO2S. The van der Waals surface area contributed by atoms with Crippen LogP contribution in [-0.4, -0.2) is 24.9 Å². The van der Waals surface area contributed by atoms with Gasteiger partial charge in [-0.05, 0) is 29.9 Å². The summed E-state index contributed by atoms with van der Waals surface area (Å²) in [7, 11) is 1.31. The van der Waals surface area contributed by atoms with Gasteiger partial charge in [-0.1, -0.05) is 17.7 Å². The van der Waals surface area contributed by atoms with E-state index < -0.39 is 12.0 Å². The molecule has 18 heavy (non-hydrogen) atoms. The van der Waals surface area contributed by atoms with Crippen LogP contribution in [0.15, 0.2) is 18.2 Å².